The van der Waals surface area contributed by atoms with Crippen molar-refractivity contribution in [3.63, 3.8) is 0 Å². The second-order valence-corrected chi connectivity index (χ2v) is 5.61. The Bertz CT molecular complexity index is 977. The van der Waals surface area contributed by atoms with Crippen molar-refractivity contribution in [3.05, 3.63) is 76.5 Å². The number of allylic oxidation sites excluding steroid dienone is 8. The van der Waals surface area contributed by atoms with Gasteiger partial charge in [-0.1, -0.05) is 0 Å². The maximum atomic E-state index is 9.64. The molecule has 0 fully saturated rings. The van der Waals surface area contributed by atoms with Gasteiger partial charge >= 0.3 is 0 Å². The molecular formula is C20H14N2O3. The van der Waals surface area contributed by atoms with Gasteiger partial charge in [0.2, 0.25) is 0 Å². The molecule has 0 radical (unpaired) electrons. The monoisotopic (exact) mass is 330 g/mol. The lowest BCUT2D eigenvalue weighted by Crippen LogP contribution is -2.04. The summed E-state index contributed by atoms with van der Waals surface area (Å²) in [4.78, 5) is 0. The summed E-state index contributed by atoms with van der Waals surface area (Å²) in [5, 5.41) is 27.7. The zero-order chi connectivity index (χ0) is 18.0. The first-order valence-corrected chi connectivity index (χ1v) is 7.53. The standard InChI is InChI=1S/C20H14N2O3/c1-12-5-17(25-20-8-16(23)3-4-19(12)20)9-18-7-14(6-13(2)24-18)15(10-21)11-22/h3-9,23H,1-2H3/b17-9-. The van der Waals surface area contributed by atoms with Crippen molar-refractivity contribution >= 4 is 5.57 Å². The fourth-order valence-corrected chi connectivity index (χ4v) is 2.61. The Kier molecular flexibility index (Phi) is 4.16. The summed E-state index contributed by atoms with van der Waals surface area (Å²) in [6.45, 7) is 3.69. The number of phenols is 1. The number of benzene rings is 1. The third-order valence-electron chi connectivity index (χ3n) is 3.71. The topological polar surface area (TPSA) is 86.3 Å². The predicted molar refractivity (Wildman–Crippen MR) is 91.6 cm³/mol. The number of hydrogen-bond donors (Lipinski definition) is 1. The number of fused-ring (bicyclic) bond motifs is 1. The third-order valence-corrected chi connectivity index (χ3v) is 3.71. The van der Waals surface area contributed by atoms with E-state index in [1.165, 1.54) is 0 Å². The molecular weight excluding hydrogens is 316 g/mol. The zero-order valence-corrected chi connectivity index (χ0v) is 13.7. The van der Waals surface area contributed by atoms with Crippen molar-refractivity contribution in [2.75, 3.05) is 0 Å². The number of aromatic hydroxyl groups is 1. The van der Waals surface area contributed by atoms with Gasteiger partial charge in [0.05, 0.1) is 0 Å². The number of hydrogen-bond acceptors (Lipinski definition) is 5. The van der Waals surface area contributed by atoms with Crippen molar-refractivity contribution in [1.82, 2.24) is 0 Å². The third kappa shape index (κ3) is 3.31. The molecule has 0 saturated heterocycles. The van der Waals surface area contributed by atoms with Gasteiger partial charge in [0.1, 0.15) is 46.5 Å². The van der Waals surface area contributed by atoms with Crippen LogP contribution >= 0.6 is 0 Å². The van der Waals surface area contributed by atoms with Crippen LogP contribution < -0.4 is 4.74 Å². The molecule has 25 heavy (non-hydrogen) atoms. The fourth-order valence-electron chi connectivity index (χ4n) is 2.61. The zero-order valence-electron chi connectivity index (χ0n) is 13.7. The minimum absolute atomic E-state index is 0.0186. The van der Waals surface area contributed by atoms with E-state index in [2.05, 4.69) is 0 Å². The van der Waals surface area contributed by atoms with E-state index in [1.807, 2.05) is 25.1 Å². The summed E-state index contributed by atoms with van der Waals surface area (Å²) in [7, 11) is 0. The first-order valence-electron chi connectivity index (χ1n) is 7.53. The molecule has 0 bridgehead atoms. The smallest absolute Gasteiger partial charge is 0.138 e. The normalized spacial score (nSPS) is 17.0. The van der Waals surface area contributed by atoms with E-state index in [9.17, 15) is 5.11 Å². The highest BCUT2D eigenvalue weighted by atomic mass is 16.5. The van der Waals surface area contributed by atoms with Crippen molar-refractivity contribution in [2.45, 2.75) is 13.8 Å². The Morgan fingerprint density at radius 1 is 1.08 bits per heavy atom. The molecule has 3 rings (SSSR count). The van der Waals surface area contributed by atoms with E-state index in [4.69, 9.17) is 20.0 Å². The van der Waals surface area contributed by atoms with E-state index in [0.717, 1.165) is 11.1 Å². The molecule has 2 aliphatic rings. The Hall–Kier alpha value is -3.70. The van der Waals surface area contributed by atoms with Gasteiger partial charge < -0.3 is 14.6 Å². The van der Waals surface area contributed by atoms with Gasteiger partial charge in [-0.2, -0.15) is 10.5 Å². The van der Waals surface area contributed by atoms with Gasteiger partial charge in [0.25, 0.3) is 0 Å². The molecule has 0 aliphatic carbocycles. The highest BCUT2D eigenvalue weighted by Gasteiger charge is 2.17. The van der Waals surface area contributed by atoms with Crippen LogP contribution in [0.25, 0.3) is 5.57 Å². The Morgan fingerprint density at radius 3 is 2.56 bits per heavy atom. The second kappa shape index (κ2) is 6.43. The highest BCUT2D eigenvalue weighted by Crippen LogP contribution is 2.36. The quantitative estimate of drug-likeness (QED) is 0.779. The van der Waals surface area contributed by atoms with Crippen LogP contribution in [0.4, 0.5) is 0 Å². The number of nitriles is 2. The van der Waals surface area contributed by atoms with Gasteiger partial charge in [-0.25, -0.2) is 0 Å². The van der Waals surface area contributed by atoms with Gasteiger partial charge in [0, 0.05) is 23.3 Å². The Morgan fingerprint density at radius 2 is 1.84 bits per heavy atom. The molecule has 1 aromatic carbocycles. The van der Waals surface area contributed by atoms with E-state index >= 15 is 0 Å². The Balaban J connectivity index is 2.00. The van der Waals surface area contributed by atoms with Gasteiger partial charge in [0.15, 0.2) is 0 Å². The van der Waals surface area contributed by atoms with Crippen LogP contribution in [0.3, 0.4) is 0 Å². The SMILES string of the molecule is CC1=CC(=C(C#N)C#N)C=C(/C=C2/C=C(C)c3ccc(O)cc3O2)O1. The summed E-state index contributed by atoms with van der Waals surface area (Å²) < 4.78 is 11.4. The predicted octanol–water partition coefficient (Wildman–Crippen LogP) is 4.23. The van der Waals surface area contributed by atoms with Crippen LogP contribution in [0.2, 0.25) is 0 Å². The van der Waals surface area contributed by atoms with Crippen LogP contribution in [-0.2, 0) is 4.74 Å². The van der Waals surface area contributed by atoms with Gasteiger partial charge in [-0.3, -0.25) is 0 Å². The van der Waals surface area contributed by atoms with Crippen molar-refractivity contribution < 1.29 is 14.6 Å². The van der Waals surface area contributed by atoms with Gasteiger partial charge in [-0.15, -0.1) is 0 Å². The molecule has 1 N–H and O–H groups in total. The maximum Gasteiger partial charge on any atom is 0.138 e. The first-order chi connectivity index (χ1) is 12.0. The fraction of sp³-hybridized carbons (Fsp3) is 0.100. The van der Waals surface area contributed by atoms with Crippen molar-refractivity contribution in [3.8, 4) is 23.6 Å². The lowest BCUT2D eigenvalue weighted by Gasteiger charge is -2.20. The molecule has 5 heteroatoms. The molecule has 0 saturated carbocycles. The molecule has 122 valence electrons. The van der Waals surface area contributed by atoms with E-state index in [-0.39, 0.29) is 11.3 Å². The van der Waals surface area contributed by atoms with Gasteiger partial charge in [-0.05, 0) is 49.8 Å². The highest BCUT2D eigenvalue weighted by molar-refractivity contribution is 5.74. The molecule has 0 amide bonds. The molecule has 2 heterocycles. The summed E-state index contributed by atoms with van der Waals surface area (Å²) >= 11 is 0. The minimum atomic E-state index is 0.0186. The lowest BCUT2D eigenvalue weighted by atomic mass is 10.0. The summed E-state index contributed by atoms with van der Waals surface area (Å²) in [5.74, 6) is 2.24. The van der Waals surface area contributed by atoms with Crippen LogP contribution in [-0.4, -0.2) is 5.11 Å². The minimum Gasteiger partial charge on any atom is -0.508 e. The van der Waals surface area contributed by atoms with E-state index in [1.54, 1.807) is 43.4 Å². The average molecular weight is 330 g/mol. The molecule has 0 aromatic heterocycles. The molecule has 2 aliphatic heterocycles. The largest absolute Gasteiger partial charge is 0.508 e. The molecule has 0 spiro atoms. The molecule has 0 atom stereocenters. The Labute approximate surface area is 145 Å². The van der Waals surface area contributed by atoms with Crippen LogP contribution in [0.1, 0.15) is 19.4 Å². The number of rotatable bonds is 1. The van der Waals surface area contributed by atoms with Crippen LogP contribution in [0, 0.1) is 22.7 Å². The molecule has 5 nitrogen and oxygen atoms in total. The maximum absolute atomic E-state index is 9.64. The summed E-state index contributed by atoms with van der Waals surface area (Å²) in [6, 6.07) is 8.70. The van der Waals surface area contributed by atoms with Crippen LogP contribution in [0.5, 0.6) is 11.5 Å². The molecule has 0 unspecified atom stereocenters. The number of phenolic OH excluding ortho intramolecular Hbond substituents is 1. The molecule has 1 aromatic rings. The average Bonchev–Trinajstić information content (AvgIpc) is 2.55. The second-order valence-electron chi connectivity index (χ2n) is 5.61. The first kappa shape index (κ1) is 16.2. The summed E-state index contributed by atoms with van der Waals surface area (Å²) in [6.07, 6.45) is 6.79. The lowest BCUT2D eigenvalue weighted by molar-refractivity contribution is 0.313. The number of nitrogens with zero attached hydrogens (tertiary/aromatic N) is 2. The number of ether oxygens (including phenoxy) is 2. The van der Waals surface area contributed by atoms with E-state index < -0.39 is 0 Å². The van der Waals surface area contributed by atoms with Crippen molar-refractivity contribution in [1.29, 1.82) is 10.5 Å². The van der Waals surface area contributed by atoms with Crippen molar-refractivity contribution in [2.24, 2.45) is 0 Å². The van der Waals surface area contributed by atoms with E-state index in [0.29, 0.717) is 28.6 Å². The van der Waals surface area contributed by atoms with Crippen LogP contribution in [0.15, 0.2) is 70.9 Å². The summed E-state index contributed by atoms with van der Waals surface area (Å²) in [5.41, 5.74) is 2.41.